The van der Waals surface area contributed by atoms with Crippen molar-refractivity contribution in [2.75, 3.05) is 13.2 Å². The third-order valence-corrected chi connectivity index (χ3v) is 8.70. The summed E-state index contributed by atoms with van der Waals surface area (Å²) in [5.41, 5.74) is -1.86. The van der Waals surface area contributed by atoms with Crippen molar-refractivity contribution < 1.29 is 37.4 Å². The molecule has 0 aromatic carbocycles. The van der Waals surface area contributed by atoms with Crippen LogP contribution in [0.4, 0.5) is 0 Å². The van der Waals surface area contributed by atoms with Crippen LogP contribution in [0.15, 0.2) is 31.6 Å². The smallest absolute Gasteiger partial charge is 0.352 e. The van der Waals surface area contributed by atoms with Gasteiger partial charge in [-0.15, -0.1) is 0 Å². The lowest BCUT2D eigenvalue weighted by molar-refractivity contribution is -0.0435. The van der Waals surface area contributed by atoms with E-state index >= 15 is 0 Å². The molecule has 4 N–H and O–H groups in total. The average molecular weight is 643 g/mol. The number of nitrogens with zero attached hydrogens (tertiary/aromatic N) is 2. The standard InChI is InChI=1S/C20H28N4O12P2S2/c1-10-6-23(19(27)21-17(10)25)15-4-3-12(34-15)8-33-38(31,40)36-13-5-16(35-14(13)9-32-37(29,30)39)24-7-11(2)18(26)22-20(24)28/h6-7,12-16H,3-5,8-9H2,1-2H3,(H,31,40)(H,21,25,27)(H,22,26,28)(H2,29,30,39)/t12-,13+,14+,15?,16?,38?/m0/s1. The van der Waals surface area contributed by atoms with Crippen molar-refractivity contribution in [1.29, 1.82) is 0 Å². The van der Waals surface area contributed by atoms with E-state index in [0.29, 0.717) is 18.4 Å². The summed E-state index contributed by atoms with van der Waals surface area (Å²) in [4.78, 5) is 72.4. The molecule has 4 heterocycles. The number of aromatic amines is 2. The van der Waals surface area contributed by atoms with Gasteiger partial charge in [-0.2, -0.15) is 0 Å². The molecular formula is C20H28N4O12P2S2. The van der Waals surface area contributed by atoms with Crippen LogP contribution in [0.2, 0.25) is 0 Å². The van der Waals surface area contributed by atoms with E-state index in [1.54, 1.807) is 6.92 Å². The van der Waals surface area contributed by atoms with E-state index in [2.05, 4.69) is 22.2 Å². The van der Waals surface area contributed by atoms with Gasteiger partial charge in [-0.25, -0.2) is 14.2 Å². The molecule has 222 valence electrons. The molecule has 40 heavy (non-hydrogen) atoms. The number of hydrogen-bond acceptors (Lipinski definition) is 11. The first-order valence-corrected chi connectivity index (χ1v) is 17.2. The lowest BCUT2D eigenvalue weighted by Crippen LogP contribution is -2.33. The van der Waals surface area contributed by atoms with Crippen LogP contribution < -0.4 is 22.5 Å². The first-order chi connectivity index (χ1) is 18.6. The molecule has 0 amide bonds. The lowest BCUT2D eigenvalue weighted by Gasteiger charge is -2.24. The third kappa shape index (κ3) is 7.77. The summed E-state index contributed by atoms with van der Waals surface area (Å²) in [6.07, 6.45) is -0.794. The normalized spacial score (nSPS) is 27.9. The number of aryl methyl sites for hydroxylation is 2. The van der Waals surface area contributed by atoms with Gasteiger partial charge in [0.05, 0.1) is 25.4 Å². The molecule has 2 aliphatic heterocycles. The van der Waals surface area contributed by atoms with Crippen molar-refractivity contribution in [3.63, 3.8) is 0 Å². The van der Waals surface area contributed by atoms with Gasteiger partial charge in [0, 0.05) is 29.9 Å². The number of ether oxygens (including phenoxy) is 2. The SMILES string of the molecule is Cc1cn(C2CC[C@@H](COP(O)(=S)O[C@@H]3CC(n4cc(C)c(=O)[nH]c4=O)O[C@@H]3COP(=O)(O)S)O2)c(=O)[nH]c1=O. The molecule has 2 aromatic rings. The molecule has 2 fully saturated rings. The Labute approximate surface area is 236 Å². The van der Waals surface area contributed by atoms with E-state index in [1.807, 2.05) is 0 Å². The monoisotopic (exact) mass is 642 g/mol. The highest BCUT2D eigenvalue weighted by Crippen LogP contribution is 2.51. The van der Waals surface area contributed by atoms with Gasteiger partial charge in [-0.05, 0) is 38.5 Å². The molecule has 7 atom stereocenters. The topological polar surface area (TPSA) is 213 Å². The molecular weight excluding hydrogens is 614 g/mol. The molecule has 0 radical (unpaired) electrons. The highest BCUT2D eigenvalue weighted by atomic mass is 32.7. The molecule has 4 rings (SSSR count). The zero-order chi connectivity index (χ0) is 29.4. The molecule has 0 aliphatic carbocycles. The minimum Gasteiger partial charge on any atom is -0.352 e. The van der Waals surface area contributed by atoms with Crippen molar-refractivity contribution in [3.05, 3.63) is 65.2 Å². The zero-order valence-electron chi connectivity index (χ0n) is 21.2. The Morgan fingerprint density at radius 3 is 2.12 bits per heavy atom. The van der Waals surface area contributed by atoms with Crippen LogP contribution in [-0.4, -0.2) is 60.4 Å². The number of H-pyrrole nitrogens is 2. The number of aromatic nitrogens is 4. The predicted molar refractivity (Wildman–Crippen MR) is 146 cm³/mol. The summed E-state index contributed by atoms with van der Waals surface area (Å²) in [6.45, 7) is -5.78. The van der Waals surface area contributed by atoms with E-state index in [9.17, 15) is 33.5 Å². The van der Waals surface area contributed by atoms with E-state index in [4.69, 9.17) is 34.9 Å². The Morgan fingerprint density at radius 2 is 1.55 bits per heavy atom. The highest BCUT2D eigenvalue weighted by molar-refractivity contribution is 8.44. The minimum absolute atomic E-state index is 0.0551. The molecule has 2 aliphatic rings. The van der Waals surface area contributed by atoms with Crippen LogP contribution >= 0.6 is 25.8 Å². The van der Waals surface area contributed by atoms with Gasteiger partial charge < -0.3 is 28.3 Å². The second-order valence-electron chi connectivity index (χ2n) is 9.31. The number of hydrogen-bond donors (Lipinski definition) is 5. The van der Waals surface area contributed by atoms with Gasteiger partial charge in [-0.3, -0.25) is 33.2 Å². The van der Waals surface area contributed by atoms with E-state index in [-0.39, 0.29) is 18.6 Å². The maximum atomic E-state index is 12.3. The van der Waals surface area contributed by atoms with E-state index in [0.717, 1.165) is 4.57 Å². The van der Waals surface area contributed by atoms with Crippen molar-refractivity contribution in [3.8, 4) is 0 Å². The first-order valence-electron chi connectivity index (χ1n) is 11.9. The molecule has 20 heteroatoms. The Hall–Kier alpha value is -1.69. The molecule has 4 unspecified atom stereocenters. The Bertz CT molecular complexity index is 1580. The zero-order valence-corrected chi connectivity index (χ0v) is 24.7. The highest BCUT2D eigenvalue weighted by Gasteiger charge is 2.42. The third-order valence-electron chi connectivity index (χ3n) is 6.28. The van der Waals surface area contributed by atoms with Crippen molar-refractivity contribution in [1.82, 2.24) is 19.1 Å². The summed E-state index contributed by atoms with van der Waals surface area (Å²) in [5.74, 6) is 0. The van der Waals surface area contributed by atoms with Crippen molar-refractivity contribution in [2.45, 2.75) is 63.9 Å². The quantitative estimate of drug-likeness (QED) is 0.175. The number of thiol groups is 1. The minimum atomic E-state index is -4.21. The number of nitrogens with one attached hydrogen (secondary N) is 2. The summed E-state index contributed by atoms with van der Waals surface area (Å²) in [5, 5.41) is 0. The van der Waals surface area contributed by atoms with E-state index in [1.165, 1.54) is 23.9 Å². The van der Waals surface area contributed by atoms with Crippen molar-refractivity contribution >= 4 is 37.6 Å². The van der Waals surface area contributed by atoms with Gasteiger partial charge in [0.1, 0.15) is 18.6 Å². The summed E-state index contributed by atoms with van der Waals surface area (Å²) < 4.78 is 41.6. The van der Waals surface area contributed by atoms with Crippen LogP contribution in [0.1, 0.15) is 42.8 Å². The maximum Gasteiger partial charge on any atom is 0.383 e. The summed E-state index contributed by atoms with van der Waals surface area (Å²) >= 11 is 8.63. The van der Waals surface area contributed by atoms with Gasteiger partial charge >= 0.3 is 24.9 Å². The second kappa shape index (κ2) is 12.3. The summed E-state index contributed by atoms with van der Waals surface area (Å²) in [6, 6.07) is 0. The van der Waals surface area contributed by atoms with Gasteiger partial charge in [0.25, 0.3) is 11.1 Å². The largest absolute Gasteiger partial charge is 0.383 e. The summed E-state index contributed by atoms with van der Waals surface area (Å²) in [7, 11) is 0. The fourth-order valence-corrected chi connectivity index (χ4v) is 6.33. The molecule has 0 saturated carbocycles. The Kier molecular flexibility index (Phi) is 9.59. The predicted octanol–water partition coefficient (Wildman–Crippen LogP) is 0.334. The van der Waals surface area contributed by atoms with Crippen LogP contribution in [0.5, 0.6) is 0 Å². The maximum absolute atomic E-state index is 12.3. The Balaban J connectivity index is 1.42. The van der Waals surface area contributed by atoms with Gasteiger partial charge in [0.15, 0.2) is 0 Å². The number of rotatable bonds is 10. The van der Waals surface area contributed by atoms with Crippen molar-refractivity contribution in [2.24, 2.45) is 0 Å². The van der Waals surface area contributed by atoms with Crippen LogP contribution in [0.3, 0.4) is 0 Å². The molecule has 0 bridgehead atoms. The molecule has 2 aromatic heterocycles. The molecule has 2 saturated heterocycles. The van der Waals surface area contributed by atoms with E-state index < -0.39 is 73.4 Å². The van der Waals surface area contributed by atoms with Gasteiger partial charge in [0.2, 0.25) is 0 Å². The average Bonchev–Trinajstić information content (AvgIpc) is 3.47. The molecule has 16 nitrogen and oxygen atoms in total. The van der Waals surface area contributed by atoms with Gasteiger partial charge in [-0.1, -0.05) is 12.2 Å². The van der Waals surface area contributed by atoms with Crippen LogP contribution in [-0.2, 0) is 39.4 Å². The lowest BCUT2D eigenvalue weighted by atomic mass is 10.2. The first kappa shape index (κ1) is 31.3. The molecule has 0 spiro atoms. The Morgan fingerprint density at radius 1 is 0.975 bits per heavy atom. The van der Waals surface area contributed by atoms with Crippen LogP contribution in [0, 0.1) is 13.8 Å². The fraction of sp³-hybridized carbons (Fsp3) is 0.600. The fourth-order valence-electron chi connectivity index (χ4n) is 4.30. The van der Waals surface area contributed by atoms with Crippen LogP contribution in [0.25, 0.3) is 0 Å². The second-order valence-corrected chi connectivity index (χ2v) is 14.9.